The number of carbonyl (C=O) groups excluding carboxylic acids is 1. The number of nitrogens with two attached hydrogens (primary N) is 1. The molecule has 0 radical (unpaired) electrons. The minimum Gasteiger partial charge on any atom is -0.507 e. The van der Waals surface area contributed by atoms with Gasteiger partial charge in [-0.2, -0.15) is 0 Å². The molecule has 4 aromatic rings. The Morgan fingerprint density at radius 1 is 1.14 bits per heavy atom. The van der Waals surface area contributed by atoms with Gasteiger partial charge in [-0.15, -0.1) is 0 Å². The summed E-state index contributed by atoms with van der Waals surface area (Å²) in [5.41, 5.74) is 9.95. The van der Waals surface area contributed by atoms with Crippen LogP contribution in [0.5, 0.6) is 5.75 Å². The smallest absolute Gasteiger partial charge is 0.341 e. The number of fused-ring (bicyclic) bond motifs is 1. The average molecular weight is 475 g/mol. The molecule has 0 spiro atoms. The van der Waals surface area contributed by atoms with Crippen LogP contribution in [0, 0.1) is 5.41 Å². The topological polar surface area (TPSA) is 146 Å². The second-order valence-electron chi connectivity index (χ2n) is 8.07. The molecule has 0 aliphatic heterocycles. The van der Waals surface area contributed by atoms with Crippen LogP contribution in [-0.2, 0) is 11.2 Å². The molecule has 0 atom stereocenters. The van der Waals surface area contributed by atoms with E-state index in [-0.39, 0.29) is 30.4 Å². The number of rotatable bonds is 9. The summed E-state index contributed by atoms with van der Waals surface area (Å²) in [5, 5.41) is 31.6. The molecule has 0 amide bonds. The highest BCUT2D eigenvalue weighted by Gasteiger charge is 2.16. The highest BCUT2D eigenvalue weighted by atomic mass is 16.5. The molecule has 0 bridgehead atoms. The van der Waals surface area contributed by atoms with Gasteiger partial charge in [0.1, 0.15) is 17.1 Å². The van der Waals surface area contributed by atoms with Crippen molar-refractivity contribution < 1.29 is 24.3 Å². The number of nitrogens with zero attached hydrogens (tertiary/aromatic N) is 2. The highest BCUT2D eigenvalue weighted by Crippen LogP contribution is 2.29. The number of hydrogen-bond donors (Lipinski definition) is 4. The number of phenolic OH excluding ortho intramolecular Hbond substituents is 1. The molecule has 5 N–H and O–H groups in total. The number of aliphatic hydroxyl groups is 1. The minimum absolute atomic E-state index is 0.0329. The first kappa shape index (κ1) is 23.8. The second-order valence-corrected chi connectivity index (χ2v) is 8.07. The fraction of sp³-hybridized carbons (Fsp3) is 0.192. The van der Waals surface area contributed by atoms with Gasteiger partial charge in [-0.3, -0.25) is 5.41 Å². The number of likely N-dealkylation sites (N-methyl/N-ethyl adjacent to an activating group) is 1. The van der Waals surface area contributed by atoms with E-state index >= 15 is 0 Å². The number of carbonyl (C=O) groups is 1. The van der Waals surface area contributed by atoms with Crippen molar-refractivity contribution in [2.24, 2.45) is 5.73 Å². The molecular weight excluding hydrogens is 448 g/mol. The number of amidine groups is 1. The SMILES string of the molecule is CN(CCO)c1cccc(-c2ccc3c(CCOC(=O)c4cc(C(=N)N)ccc4O)noc3c2)c1. The molecule has 35 heavy (non-hydrogen) atoms. The molecule has 9 heteroatoms. The summed E-state index contributed by atoms with van der Waals surface area (Å²) in [4.78, 5) is 14.4. The number of hydrogen-bond acceptors (Lipinski definition) is 8. The molecule has 1 aromatic heterocycles. The molecular formula is C26H26N4O5. The van der Waals surface area contributed by atoms with Gasteiger partial charge in [-0.1, -0.05) is 23.4 Å². The normalized spacial score (nSPS) is 10.9. The van der Waals surface area contributed by atoms with E-state index in [4.69, 9.17) is 20.4 Å². The van der Waals surface area contributed by atoms with Crippen LogP contribution in [0.15, 0.2) is 65.2 Å². The standard InChI is InChI=1S/C26H26N4O5/c1-30(10-11-31)19-4-2-3-16(13-19)17-5-7-20-22(29-35-24(20)15-17)9-12-34-26(33)21-14-18(25(27)28)6-8-23(21)32/h2-8,13-15,31-32H,9-12H2,1H3,(H3,27,28). The average Bonchev–Trinajstić information content (AvgIpc) is 3.26. The van der Waals surface area contributed by atoms with Crippen molar-refractivity contribution in [3.8, 4) is 16.9 Å². The Kier molecular flexibility index (Phi) is 6.98. The largest absolute Gasteiger partial charge is 0.507 e. The van der Waals surface area contributed by atoms with Crippen LogP contribution in [0.25, 0.3) is 22.1 Å². The number of nitrogens with one attached hydrogen (secondary N) is 1. The lowest BCUT2D eigenvalue weighted by Gasteiger charge is -2.18. The van der Waals surface area contributed by atoms with E-state index in [0.29, 0.717) is 29.8 Å². The van der Waals surface area contributed by atoms with Gasteiger partial charge in [0.25, 0.3) is 0 Å². The highest BCUT2D eigenvalue weighted by molar-refractivity contribution is 5.99. The van der Waals surface area contributed by atoms with Crippen LogP contribution in [0.3, 0.4) is 0 Å². The van der Waals surface area contributed by atoms with Gasteiger partial charge in [-0.05, 0) is 53.6 Å². The van der Waals surface area contributed by atoms with Gasteiger partial charge < -0.3 is 30.1 Å². The first-order chi connectivity index (χ1) is 16.9. The Bertz CT molecular complexity index is 1380. The van der Waals surface area contributed by atoms with Crippen molar-refractivity contribution in [2.45, 2.75) is 6.42 Å². The number of esters is 1. The molecule has 0 aliphatic carbocycles. The molecule has 0 unspecified atom stereocenters. The molecule has 9 nitrogen and oxygen atoms in total. The monoisotopic (exact) mass is 474 g/mol. The number of phenols is 1. The summed E-state index contributed by atoms with van der Waals surface area (Å²) in [7, 11) is 1.93. The Morgan fingerprint density at radius 2 is 1.94 bits per heavy atom. The molecule has 3 aromatic carbocycles. The van der Waals surface area contributed by atoms with Crippen LogP contribution in [0.4, 0.5) is 5.69 Å². The first-order valence-electron chi connectivity index (χ1n) is 11.0. The van der Waals surface area contributed by atoms with Crippen molar-refractivity contribution in [2.75, 3.05) is 31.7 Å². The zero-order valence-corrected chi connectivity index (χ0v) is 19.2. The maximum atomic E-state index is 12.4. The lowest BCUT2D eigenvalue weighted by molar-refractivity contribution is 0.0504. The molecule has 4 rings (SSSR count). The maximum absolute atomic E-state index is 12.4. The number of anilines is 1. The fourth-order valence-corrected chi connectivity index (χ4v) is 3.74. The zero-order chi connectivity index (χ0) is 24.9. The summed E-state index contributed by atoms with van der Waals surface area (Å²) in [6, 6.07) is 17.9. The molecule has 0 aliphatic rings. The number of ether oxygens (including phenoxy) is 1. The summed E-state index contributed by atoms with van der Waals surface area (Å²) in [5.74, 6) is -1.17. The number of nitrogen functional groups attached to an aromatic ring is 1. The third-order valence-corrected chi connectivity index (χ3v) is 5.70. The number of aromatic nitrogens is 1. The third-order valence-electron chi connectivity index (χ3n) is 5.70. The predicted octanol–water partition coefficient (Wildman–Crippen LogP) is 3.31. The van der Waals surface area contributed by atoms with Crippen LogP contribution in [-0.4, -0.2) is 54.0 Å². The van der Waals surface area contributed by atoms with E-state index in [1.54, 1.807) is 0 Å². The summed E-state index contributed by atoms with van der Waals surface area (Å²) in [6.07, 6.45) is 0.326. The molecule has 0 saturated carbocycles. The lowest BCUT2D eigenvalue weighted by Crippen LogP contribution is -2.20. The maximum Gasteiger partial charge on any atom is 0.341 e. The zero-order valence-electron chi connectivity index (χ0n) is 19.2. The molecule has 1 heterocycles. The van der Waals surface area contributed by atoms with Gasteiger partial charge in [-0.25, -0.2) is 4.79 Å². The van der Waals surface area contributed by atoms with Gasteiger partial charge in [0.15, 0.2) is 5.58 Å². The quantitative estimate of drug-likeness (QED) is 0.164. The third kappa shape index (κ3) is 5.25. The Balaban J connectivity index is 1.45. The van der Waals surface area contributed by atoms with Crippen LogP contribution in [0.2, 0.25) is 0 Å². The minimum atomic E-state index is -0.716. The lowest BCUT2D eigenvalue weighted by atomic mass is 10.0. The van der Waals surface area contributed by atoms with Crippen LogP contribution >= 0.6 is 0 Å². The number of aliphatic hydroxyl groups excluding tert-OH is 1. The molecule has 0 fully saturated rings. The van der Waals surface area contributed by atoms with E-state index in [0.717, 1.165) is 22.2 Å². The van der Waals surface area contributed by atoms with Gasteiger partial charge >= 0.3 is 5.97 Å². The molecule has 180 valence electrons. The predicted molar refractivity (Wildman–Crippen MR) is 133 cm³/mol. The number of benzene rings is 3. The van der Waals surface area contributed by atoms with Crippen LogP contribution in [0.1, 0.15) is 21.6 Å². The van der Waals surface area contributed by atoms with E-state index in [1.807, 2.05) is 54.4 Å². The van der Waals surface area contributed by atoms with Gasteiger partial charge in [0.05, 0.1) is 18.9 Å². The Hall–Kier alpha value is -4.37. The van der Waals surface area contributed by atoms with Gasteiger partial charge in [0, 0.05) is 36.7 Å². The summed E-state index contributed by atoms with van der Waals surface area (Å²) >= 11 is 0. The summed E-state index contributed by atoms with van der Waals surface area (Å²) < 4.78 is 10.8. The van der Waals surface area contributed by atoms with Crippen molar-refractivity contribution in [3.05, 3.63) is 77.5 Å². The van der Waals surface area contributed by atoms with E-state index in [1.165, 1.54) is 18.2 Å². The van der Waals surface area contributed by atoms with Crippen molar-refractivity contribution in [3.63, 3.8) is 0 Å². The fourth-order valence-electron chi connectivity index (χ4n) is 3.74. The van der Waals surface area contributed by atoms with Crippen molar-refractivity contribution in [1.29, 1.82) is 5.41 Å². The Labute approximate surface area is 201 Å². The molecule has 0 saturated heterocycles. The van der Waals surface area contributed by atoms with Gasteiger partial charge in [0.2, 0.25) is 0 Å². The van der Waals surface area contributed by atoms with E-state index in [2.05, 4.69) is 5.16 Å². The Morgan fingerprint density at radius 3 is 2.71 bits per heavy atom. The van der Waals surface area contributed by atoms with E-state index in [9.17, 15) is 15.0 Å². The van der Waals surface area contributed by atoms with Crippen LogP contribution < -0.4 is 10.6 Å². The summed E-state index contributed by atoms with van der Waals surface area (Å²) in [6.45, 7) is 0.653. The van der Waals surface area contributed by atoms with E-state index < -0.39 is 5.97 Å². The number of aromatic hydroxyl groups is 1. The van der Waals surface area contributed by atoms with Crippen molar-refractivity contribution >= 4 is 28.5 Å². The second kappa shape index (κ2) is 10.3. The first-order valence-corrected chi connectivity index (χ1v) is 11.0. The van der Waals surface area contributed by atoms with Crippen molar-refractivity contribution in [1.82, 2.24) is 5.16 Å².